The monoisotopic (exact) mass is 270 g/mol. The van der Waals surface area contributed by atoms with E-state index in [1.54, 1.807) is 17.1 Å². The van der Waals surface area contributed by atoms with E-state index in [9.17, 15) is 4.79 Å². The first-order valence-electron chi connectivity index (χ1n) is 6.98. The molecule has 2 aromatic heterocycles. The summed E-state index contributed by atoms with van der Waals surface area (Å²) in [5.74, 6) is 0.527. The highest BCUT2D eigenvalue weighted by Gasteiger charge is 2.35. The number of nitrogens with zero attached hydrogens (tertiary/aromatic N) is 4. The van der Waals surface area contributed by atoms with Crippen LogP contribution in [0.25, 0.3) is 0 Å². The highest BCUT2D eigenvalue weighted by molar-refractivity contribution is 5.81. The van der Waals surface area contributed by atoms with Gasteiger partial charge in [-0.1, -0.05) is 13.0 Å². The van der Waals surface area contributed by atoms with Gasteiger partial charge in [-0.05, 0) is 24.6 Å². The van der Waals surface area contributed by atoms with Crippen molar-refractivity contribution in [1.29, 1.82) is 0 Å². The molecule has 1 unspecified atom stereocenters. The second kappa shape index (κ2) is 5.45. The van der Waals surface area contributed by atoms with E-state index in [4.69, 9.17) is 0 Å². The number of hydrogen-bond donors (Lipinski definition) is 0. The molecule has 0 spiro atoms. The standard InChI is InChI=1S/C15H18N4O/c1-2-14(19-9-5-8-17-19)15(20)18-10-12(11-18)13-6-3-4-7-16-13/h3-9,12,14H,2,10-11H2,1H3. The van der Waals surface area contributed by atoms with Crippen molar-refractivity contribution in [2.24, 2.45) is 0 Å². The molecule has 0 aliphatic carbocycles. The summed E-state index contributed by atoms with van der Waals surface area (Å²) in [6.07, 6.45) is 6.12. The molecule has 1 amide bonds. The minimum Gasteiger partial charge on any atom is -0.339 e. The zero-order valence-corrected chi connectivity index (χ0v) is 11.5. The Morgan fingerprint density at radius 2 is 2.20 bits per heavy atom. The Morgan fingerprint density at radius 3 is 2.80 bits per heavy atom. The third-order valence-electron chi connectivity index (χ3n) is 3.82. The fourth-order valence-electron chi connectivity index (χ4n) is 2.61. The Morgan fingerprint density at radius 1 is 1.35 bits per heavy atom. The van der Waals surface area contributed by atoms with Crippen LogP contribution >= 0.6 is 0 Å². The fraction of sp³-hybridized carbons (Fsp3) is 0.400. The van der Waals surface area contributed by atoms with Gasteiger partial charge in [0.15, 0.2) is 0 Å². The van der Waals surface area contributed by atoms with E-state index in [-0.39, 0.29) is 11.9 Å². The highest BCUT2D eigenvalue weighted by Crippen LogP contribution is 2.28. The van der Waals surface area contributed by atoms with Crippen LogP contribution in [-0.2, 0) is 4.79 Å². The summed E-state index contributed by atoms with van der Waals surface area (Å²) in [7, 11) is 0. The maximum absolute atomic E-state index is 12.5. The molecule has 3 heterocycles. The highest BCUT2D eigenvalue weighted by atomic mass is 16.2. The van der Waals surface area contributed by atoms with Gasteiger partial charge in [0.05, 0.1) is 0 Å². The number of rotatable bonds is 4. The Bertz CT molecular complexity index is 561. The van der Waals surface area contributed by atoms with Crippen molar-refractivity contribution in [3.8, 4) is 0 Å². The van der Waals surface area contributed by atoms with Gasteiger partial charge in [-0.15, -0.1) is 0 Å². The van der Waals surface area contributed by atoms with Crippen LogP contribution in [0, 0.1) is 0 Å². The molecular formula is C15H18N4O. The predicted octanol–water partition coefficient (Wildman–Crippen LogP) is 1.86. The normalized spacial score (nSPS) is 16.8. The minimum absolute atomic E-state index is 0.156. The molecule has 0 saturated carbocycles. The van der Waals surface area contributed by atoms with E-state index in [0.717, 1.165) is 25.2 Å². The third kappa shape index (κ3) is 2.31. The van der Waals surface area contributed by atoms with Gasteiger partial charge in [-0.2, -0.15) is 5.10 Å². The van der Waals surface area contributed by atoms with Gasteiger partial charge in [0.2, 0.25) is 5.91 Å². The molecule has 1 aliphatic rings. The van der Waals surface area contributed by atoms with Crippen LogP contribution in [0.5, 0.6) is 0 Å². The van der Waals surface area contributed by atoms with Gasteiger partial charge >= 0.3 is 0 Å². The Labute approximate surface area is 118 Å². The molecule has 1 fully saturated rings. The Hall–Kier alpha value is -2.17. The summed E-state index contributed by atoms with van der Waals surface area (Å²) in [6.45, 7) is 3.53. The van der Waals surface area contributed by atoms with Crippen LogP contribution < -0.4 is 0 Å². The topological polar surface area (TPSA) is 51.0 Å². The maximum Gasteiger partial charge on any atom is 0.247 e. The van der Waals surface area contributed by atoms with Gasteiger partial charge in [0.25, 0.3) is 0 Å². The van der Waals surface area contributed by atoms with Gasteiger partial charge in [-0.3, -0.25) is 14.5 Å². The second-order valence-corrected chi connectivity index (χ2v) is 5.10. The molecule has 0 bridgehead atoms. The van der Waals surface area contributed by atoms with Crippen LogP contribution in [0.1, 0.15) is 31.0 Å². The number of carbonyl (C=O) groups is 1. The van der Waals surface area contributed by atoms with Crippen LogP contribution in [-0.4, -0.2) is 38.7 Å². The first-order chi connectivity index (χ1) is 9.79. The molecule has 2 aromatic rings. The molecule has 5 heteroatoms. The number of likely N-dealkylation sites (tertiary alicyclic amines) is 1. The van der Waals surface area contributed by atoms with Gasteiger partial charge in [-0.25, -0.2) is 0 Å². The molecule has 3 rings (SSSR count). The summed E-state index contributed by atoms with van der Waals surface area (Å²) in [5.41, 5.74) is 1.07. The lowest BCUT2D eigenvalue weighted by Gasteiger charge is -2.40. The minimum atomic E-state index is -0.185. The maximum atomic E-state index is 12.5. The molecule has 104 valence electrons. The van der Waals surface area contributed by atoms with Crippen molar-refractivity contribution < 1.29 is 4.79 Å². The quantitative estimate of drug-likeness (QED) is 0.852. The number of carbonyl (C=O) groups excluding carboxylic acids is 1. The molecule has 0 radical (unpaired) electrons. The molecule has 5 nitrogen and oxygen atoms in total. The van der Waals surface area contributed by atoms with Crippen LogP contribution in [0.4, 0.5) is 0 Å². The zero-order chi connectivity index (χ0) is 13.9. The largest absolute Gasteiger partial charge is 0.339 e. The van der Waals surface area contributed by atoms with Crippen molar-refractivity contribution in [2.75, 3.05) is 13.1 Å². The lowest BCUT2D eigenvalue weighted by molar-refractivity contribution is -0.139. The average molecular weight is 270 g/mol. The molecule has 1 aliphatic heterocycles. The molecule has 20 heavy (non-hydrogen) atoms. The summed E-state index contributed by atoms with van der Waals surface area (Å²) in [6, 6.07) is 7.59. The molecule has 0 aromatic carbocycles. The third-order valence-corrected chi connectivity index (χ3v) is 3.82. The summed E-state index contributed by atoms with van der Waals surface area (Å²) < 4.78 is 1.75. The molecule has 1 atom stereocenters. The van der Waals surface area contributed by atoms with Gasteiger partial charge < -0.3 is 4.90 Å². The van der Waals surface area contributed by atoms with Crippen molar-refractivity contribution in [1.82, 2.24) is 19.7 Å². The number of hydrogen-bond acceptors (Lipinski definition) is 3. The average Bonchev–Trinajstić information content (AvgIpc) is 2.93. The van der Waals surface area contributed by atoms with E-state index >= 15 is 0 Å². The molecule has 1 saturated heterocycles. The first-order valence-corrected chi connectivity index (χ1v) is 6.98. The van der Waals surface area contributed by atoms with Crippen LogP contribution in [0.2, 0.25) is 0 Å². The van der Waals surface area contributed by atoms with Gasteiger partial charge in [0.1, 0.15) is 6.04 Å². The van der Waals surface area contributed by atoms with E-state index in [1.165, 1.54) is 0 Å². The van der Waals surface area contributed by atoms with E-state index in [1.807, 2.05) is 42.3 Å². The Kier molecular flexibility index (Phi) is 3.50. The Balaban J connectivity index is 1.63. The SMILES string of the molecule is CCC(C(=O)N1CC(c2ccccn2)C1)n1cccn1. The van der Waals surface area contributed by atoms with E-state index in [2.05, 4.69) is 10.1 Å². The summed E-state index contributed by atoms with van der Waals surface area (Å²) in [5, 5.41) is 4.18. The first kappa shape index (κ1) is 12.8. The van der Waals surface area contributed by atoms with Crippen molar-refractivity contribution in [3.05, 3.63) is 48.5 Å². The second-order valence-electron chi connectivity index (χ2n) is 5.10. The van der Waals surface area contributed by atoms with Crippen LogP contribution in [0.3, 0.4) is 0 Å². The molecule has 0 N–H and O–H groups in total. The number of amides is 1. The predicted molar refractivity (Wildman–Crippen MR) is 75.1 cm³/mol. The van der Waals surface area contributed by atoms with E-state index < -0.39 is 0 Å². The molecular weight excluding hydrogens is 252 g/mol. The number of aromatic nitrogens is 3. The number of pyridine rings is 1. The summed E-state index contributed by atoms with van der Waals surface area (Å²) >= 11 is 0. The lowest BCUT2D eigenvalue weighted by atomic mass is 9.94. The van der Waals surface area contributed by atoms with Crippen molar-refractivity contribution in [3.63, 3.8) is 0 Å². The fourth-order valence-corrected chi connectivity index (χ4v) is 2.61. The van der Waals surface area contributed by atoms with Gasteiger partial charge in [0, 0.05) is 43.3 Å². The van der Waals surface area contributed by atoms with E-state index in [0.29, 0.717) is 5.92 Å². The summed E-state index contributed by atoms with van der Waals surface area (Å²) in [4.78, 5) is 18.7. The zero-order valence-electron chi connectivity index (χ0n) is 11.5. The smallest absolute Gasteiger partial charge is 0.247 e. The lowest BCUT2D eigenvalue weighted by Crippen LogP contribution is -2.51. The van der Waals surface area contributed by atoms with Crippen LogP contribution in [0.15, 0.2) is 42.9 Å². The van der Waals surface area contributed by atoms with Crippen molar-refractivity contribution in [2.45, 2.75) is 25.3 Å². The van der Waals surface area contributed by atoms with Crippen molar-refractivity contribution >= 4 is 5.91 Å².